The summed E-state index contributed by atoms with van der Waals surface area (Å²) >= 11 is 11.5. The van der Waals surface area contributed by atoms with Gasteiger partial charge in [0.1, 0.15) is 0 Å². The lowest BCUT2D eigenvalue weighted by molar-refractivity contribution is 0.513. The summed E-state index contributed by atoms with van der Waals surface area (Å²) in [6.07, 6.45) is 3.70. The molecule has 0 aliphatic rings. The largest absolute Gasteiger partial charge is 0.421 e. The van der Waals surface area contributed by atoms with Crippen molar-refractivity contribution in [3.8, 4) is 11.5 Å². The summed E-state index contributed by atoms with van der Waals surface area (Å²) in [6.45, 7) is 0. The molecule has 0 fully saturated rings. The molecule has 0 aliphatic carbocycles. The van der Waals surface area contributed by atoms with Gasteiger partial charge < -0.3 is 4.42 Å². The van der Waals surface area contributed by atoms with Gasteiger partial charge in [-0.1, -0.05) is 11.6 Å². The molecule has 0 amide bonds. The monoisotopic (exact) mass is 243 g/mol. The maximum atomic E-state index is 5.93. The van der Waals surface area contributed by atoms with Gasteiger partial charge in [-0.15, -0.1) is 21.8 Å². The molecule has 78 valence electrons. The number of rotatable bonds is 3. The van der Waals surface area contributed by atoms with Crippen LogP contribution in [0.2, 0.25) is 5.02 Å². The number of alkyl halides is 1. The SMILES string of the molecule is ClCCc1nnc(-c2ccncc2Cl)o1. The van der Waals surface area contributed by atoms with Crippen LogP contribution in [0.4, 0.5) is 0 Å². The van der Waals surface area contributed by atoms with Crippen molar-refractivity contribution in [3.63, 3.8) is 0 Å². The summed E-state index contributed by atoms with van der Waals surface area (Å²) < 4.78 is 5.37. The Kier molecular flexibility index (Phi) is 3.18. The number of aromatic nitrogens is 3. The molecule has 0 aromatic carbocycles. The highest BCUT2D eigenvalue weighted by atomic mass is 35.5. The molecule has 0 N–H and O–H groups in total. The first-order valence-electron chi connectivity index (χ1n) is 4.29. The van der Waals surface area contributed by atoms with Crippen molar-refractivity contribution in [1.82, 2.24) is 15.2 Å². The van der Waals surface area contributed by atoms with Crippen LogP contribution in [0.1, 0.15) is 5.89 Å². The van der Waals surface area contributed by atoms with Crippen molar-refractivity contribution in [2.24, 2.45) is 0 Å². The van der Waals surface area contributed by atoms with Gasteiger partial charge in [-0.05, 0) is 6.07 Å². The van der Waals surface area contributed by atoms with Gasteiger partial charge in [-0.2, -0.15) is 0 Å². The van der Waals surface area contributed by atoms with Gasteiger partial charge in [0, 0.05) is 24.7 Å². The molecule has 4 nitrogen and oxygen atoms in total. The van der Waals surface area contributed by atoms with Crippen LogP contribution < -0.4 is 0 Å². The van der Waals surface area contributed by atoms with Gasteiger partial charge in [0.15, 0.2) is 0 Å². The minimum Gasteiger partial charge on any atom is -0.421 e. The summed E-state index contributed by atoms with van der Waals surface area (Å²) in [4.78, 5) is 3.87. The third-order valence-electron chi connectivity index (χ3n) is 1.78. The van der Waals surface area contributed by atoms with E-state index < -0.39 is 0 Å². The highest BCUT2D eigenvalue weighted by Gasteiger charge is 2.10. The summed E-state index contributed by atoms with van der Waals surface area (Å²) in [5.74, 6) is 1.35. The fourth-order valence-corrected chi connectivity index (χ4v) is 1.45. The van der Waals surface area contributed by atoms with E-state index in [2.05, 4.69) is 15.2 Å². The number of halogens is 2. The Labute approximate surface area is 96.2 Å². The maximum absolute atomic E-state index is 5.93. The van der Waals surface area contributed by atoms with Crippen LogP contribution in [0.15, 0.2) is 22.9 Å². The van der Waals surface area contributed by atoms with Crippen molar-refractivity contribution in [2.75, 3.05) is 5.88 Å². The lowest BCUT2D eigenvalue weighted by Gasteiger charge is -1.95. The normalized spacial score (nSPS) is 10.5. The van der Waals surface area contributed by atoms with E-state index in [9.17, 15) is 0 Å². The molecule has 0 atom stereocenters. The number of nitrogens with zero attached hydrogens (tertiary/aromatic N) is 3. The van der Waals surface area contributed by atoms with Crippen LogP contribution in [0, 0.1) is 0 Å². The third kappa shape index (κ3) is 2.27. The van der Waals surface area contributed by atoms with E-state index in [-0.39, 0.29) is 0 Å². The van der Waals surface area contributed by atoms with E-state index in [0.717, 1.165) is 0 Å². The molecule has 0 aliphatic heterocycles. The molecule has 2 aromatic heterocycles. The van der Waals surface area contributed by atoms with Crippen LogP contribution in [0.25, 0.3) is 11.5 Å². The third-order valence-corrected chi connectivity index (χ3v) is 2.27. The van der Waals surface area contributed by atoms with Crippen molar-refractivity contribution < 1.29 is 4.42 Å². The Balaban J connectivity index is 2.33. The molecule has 6 heteroatoms. The van der Waals surface area contributed by atoms with Crippen LogP contribution >= 0.6 is 23.2 Å². The van der Waals surface area contributed by atoms with Crippen molar-refractivity contribution >= 4 is 23.2 Å². The van der Waals surface area contributed by atoms with Gasteiger partial charge in [0.2, 0.25) is 11.8 Å². The van der Waals surface area contributed by atoms with E-state index in [1.54, 1.807) is 12.3 Å². The molecular weight excluding hydrogens is 237 g/mol. The molecule has 0 bridgehead atoms. The number of hydrogen-bond acceptors (Lipinski definition) is 4. The van der Waals surface area contributed by atoms with Gasteiger partial charge in [0.25, 0.3) is 0 Å². The molecule has 2 heterocycles. The minimum absolute atomic E-state index is 0.391. The average Bonchev–Trinajstić information content (AvgIpc) is 2.68. The quantitative estimate of drug-likeness (QED) is 0.778. The molecule has 15 heavy (non-hydrogen) atoms. The predicted molar refractivity (Wildman–Crippen MR) is 57.0 cm³/mol. The van der Waals surface area contributed by atoms with Gasteiger partial charge in [-0.25, -0.2) is 0 Å². The Hall–Kier alpha value is -1.13. The highest BCUT2D eigenvalue weighted by molar-refractivity contribution is 6.32. The topological polar surface area (TPSA) is 51.8 Å². The first-order valence-corrected chi connectivity index (χ1v) is 5.20. The first kappa shape index (κ1) is 10.4. The van der Waals surface area contributed by atoms with E-state index in [0.29, 0.717) is 34.7 Å². The highest BCUT2D eigenvalue weighted by Crippen LogP contribution is 2.25. The molecule has 0 radical (unpaired) electrons. The smallest absolute Gasteiger partial charge is 0.249 e. The summed E-state index contributed by atoms with van der Waals surface area (Å²) in [5.41, 5.74) is 0.681. The zero-order chi connectivity index (χ0) is 10.7. The van der Waals surface area contributed by atoms with E-state index in [1.807, 2.05) is 0 Å². The van der Waals surface area contributed by atoms with Gasteiger partial charge >= 0.3 is 0 Å². The van der Waals surface area contributed by atoms with Gasteiger partial charge in [-0.3, -0.25) is 4.98 Å². The fourth-order valence-electron chi connectivity index (χ4n) is 1.09. The van der Waals surface area contributed by atoms with Crippen LogP contribution in [0.3, 0.4) is 0 Å². The summed E-state index contributed by atoms with van der Waals surface area (Å²) in [7, 11) is 0. The molecule has 0 saturated heterocycles. The average molecular weight is 244 g/mol. The zero-order valence-corrected chi connectivity index (χ0v) is 9.16. The van der Waals surface area contributed by atoms with Crippen molar-refractivity contribution in [2.45, 2.75) is 6.42 Å². The fraction of sp³-hybridized carbons (Fsp3) is 0.222. The number of pyridine rings is 1. The Morgan fingerprint density at radius 3 is 2.93 bits per heavy atom. The van der Waals surface area contributed by atoms with Crippen LogP contribution in [-0.2, 0) is 6.42 Å². The Morgan fingerprint density at radius 2 is 2.20 bits per heavy atom. The zero-order valence-electron chi connectivity index (χ0n) is 7.65. The van der Waals surface area contributed by atoms with Gasteiger partial charge in [0.05, 0.1) is 10.6 Å². The lowest BCUT2D eigenvalue weighted by atomic mass is 10.3. The first-order chi connectivity index (χ1) is 7.31. The van der Waals surface area contributed by atoms with Crippen LogP contribution in [-0.4, -0.2) is 21.1 Å². The maximum Gasteiger partial charge on any atom is 0.249 e. The number of aryl methyl sites for hydroxylation is 1. The molecule has 0 unspecified atom stereocenters. The molecule has 2 rings (SSSR count). The van der Waals surface area contributed by atoms with Crippen molar-refractivity contribution in [3.05, 3.63) is 29.4 Å². The molecule has 2 aromatic rings. The second kappa shape index (κ2) is 4.59. The number of hydrogen-bond donors (Lipinski definition) is 0. The second-order valence-corrected chi connectivity index (χ2v) is 3.58. The standard InChI is InChI=1S/C9H7Cl2N3O/c10-3-1-8-13-14-9(15-8)6-2-4-12-5-7(6)11/h2,4-5H,1,3H2. The summed E-state index contributed by atoms with van der Waals surface area (Å²) in [5, 5.41) is 8.21. The predicted octanol–water partition coefficient (Wildman–Crippen LogP) is 2.57. The van der Waals surface area contributed by atoms with Crippen LogP contribution in [0.5, 0.6) is 0 Å². The molecular formula is C9H7Cl2N3O. The molecule has 0 saturated carbocycles. The second-order valence-electron chi connectivity index (χ2n) is 2.80. The van der Waals surface area contributed by atoms with E-state index in [4.69, 9.17) is 27.6 Å². The Morgan fingerprint density at radius 1 is 1.33 bits per heavy atom. The molecule has 0 spiro atoms. The van der Waals surface area contributed by atoms with Crippen molar-refractivity contribution in [1.29, 1.82) is 0 Å². The van der Waals surface area contributed by atoms with E-state index in [1.165, 1.54) is 6.20 Å². The lowest BCUT2D eigenvalue weighted by Crippen LogP contribution is -1.84. The Bertz CT molecular complexity index is 458. The minimum atomic E-state index is 0.391. The summed E-state index contributed by atoms with van der Waals surface area (Å²) in [6, 6.07) is 1.72. The van der Waals surface area contributed by atoms with E-state index >= 15 is 0 Å².